The van der Waals surface area contributed by atoms with E-state index >= 15 is 0 Å². The molecule has 0 spiro atoms. The van der Waals surface area contributed by atoms with Gasteiger partial charge in [-0.1, -0.05) is 42.5 Å². The summed E-state index contributed by atoms with van der Waals surface area (Å²) in [6.07, 6.45) is 2.03. The van der Waals surface area contributed by atoms with E-state index in [0.717, 1.165) is 18.4 Å². The highest BCUT2D eigenvalue weighted by molar-refractivity contribution is 5.89. The second kappa shape index (κ2) is 8.61. The van der Waals surface area contributed by atoms with Crippen LogP contribution in [0.15, 0.2) is 54.6 Å². The Morgan fingerprint density at radius 1 is 1.08 bits per heavy atom. The molecule has 1 fully saturated rings. The minimum Gasteiger partial charge on any atom is -0.356 e. The summed E-state index contributed by atoms with van der Waals surface area (Å²) in [7, 11) is 0. The number of nitrogens with one attached hydrogen (secondary N) is 1. The maximum Gasteiger partial charge on any atom is 0.225 e. The van der Waals surface area contributed by atoms with Gasteiger partial charge in [-0.3, -0.25) is 9.59 Å². The molecule has 0 saturated carbocycles. The second-order valence-corrected chi connectivity index (χ2v) is 6.68. The summed E-state index contributed by atoms with van der Waals surface area (Å²) in [4.78, 5) is 26.1. The number of amides is 2. The maximum absolute atomic E-state index is 13.0. The zero-order valence-electron chi connectivity index (χ0n) is 14.7. The molecule has 1 N–H and O–H groups in total. The molecule has 0 radical (unpaired) electrons. The Balaban J connectivity index is 1.42. The van der Waals surface area contributed by atoms with Crippen LogP contribution in [-0.2, 0) is 22.6 Å². The molecule has 0 aliphatic carbocycles. The van der Waals surface area contributed by atoms with Gasteiger partial charge in [-0.25, -0.2) is 4.39 Å². The highest BCUT2D eigenvalue weighted by Crippen LogP contribution is 2.20. The SMILES string of the molecule is O=C(NCCCc1ccccc1)[C@@H]1CC(=O)N(Cc2ccc(F)cc2)C1. The molecular formula is C21H23FN2O2. The number of benzene rings is 2. The Labute approximate surface area is 153 Å². The summed E-state index contributed by atoms with van der Waals surface area (Å²) in [6.45, 7) is 1.44. The van der Waals surface area contributed by atoms with Crippen molar-refractivity contribution < 1.29 is 14.0 Å². The quantitative estimate of drug-likeness (QED) is 0.777. The van der Waals surface area contributed by atoms with E-state index in [1.165, 1.54) is 17.7 Å². The number of nitrogens with zero attached hydrogens (tertiary/aromatic N) is 1. The van der Waals surface area contributed by atoms with Crippen LogP contribution in [0.5, 0.6) is 0 Å². The molecule has 1 atom stereocenters. The van der Waals surface area contributed by atoms with Gasteiger partial charge in [-0.2, -0.15) is 0 Å². The first-order chi connectivity index (χ1) is 12.6. The third-order valence-electron chi connectivity index (χ3n) is 4.66. The minimum atomic E-state index is -0.306. The summed E-state index contributed by atoms with van der Waals surface area (Å²) < 4.78 is 13.0. The van der Waals surface area contributed by atoms with Crippen molar-refractivity contribution in [3.8, 4) is 0 Å². The molecule has 0 unspecified atom stereocenters. The summed E-state index contributed by atoms with van der Waals surface area (Å²) in [5.74, 6) is -0.694. The molecule has 136 valence electrons. The number of rotatable bonds is 7. The molecule has 1 heterocycles. The molecule has 3 rings (SSSR count). The molecule has 1 aliphatic heterocycles. The van der Waals surface area contributed by atoms with Crippen molar-refractivity contribution >= 4 is 11.8 Å². The second-order valence-electron chi connectivity index (χ2n) is 6.68. The topological polar surface area (TPSA) is 49.4 Å². The van der Waals surface area contributed by atoms with Gasteiger partial charge in [-0.15, -0.1) is 0 Å². The van der Waals surface area contributed by atoms with Crippen molar-refractivity contribution in [1.29, 1.82) is 0 Å². The van der Waals surface area contributed by atoms with Gasteiger partial charge in [0.25, 0.3) is 0 Å². The molecule has 2 aromatic rings. The van der Waals surface area contributed by atoms with Gasteiger partial charge in [0.15, 0.2) is 0 Å². The molecule has 4 nitrogen and oxygen atoms in total. The zero-order chi connectivity index (χ0) is 18.4. The van der Waals surface area contributed by atoms with Crippen LogP contribution < -0.4 is 5.32 Å². The number of hydrogen-bond acceptors (Lipinski definition) is 2. The van der Waals surface area contributed by atoms with E-state index in [-0.39, 0.29) is 30.0 Å². The van der Waals surface area contributed by atoms with Crippen LogP contribution in [-0.4, -0.2) is 29.8 Å². The number of carbonyl (C=O) groups is 2. The number of hydrogen-bond donors (Lipinski definition) is 1. The van der Waals surface area contributed by atoms with E-state index in [4.69, 9.17) is 0 Å². The largest absolute Gasteiger partial charge is 0.356 e. The lowest BCUT2D eigenvalue weighted by atomic mass is 10.1. The smallest absolute Gasteiger partial charge is 0.225 e. The van der Waals surface area contributed by atoms with E-state index in [9.17, 15) is 14.0 Å². The molecule has 26 heavy (non-hydrogen) atoms. The van der Waals surface area contributed by atoms with Crippen molar-refractivity contribution in [3.05, 3.63) is 71.5 Å². The third-order valence-corrected chi connectivity index (χ3v) is 4.66. The fourth-order valence-electron chi connectivity index (χ4n) is 3.20. The summed E-state index contributed by atoms with van der Waals surface area (Å²) in [6, 6.07) is 16.2. The van der Waals surface area contributed by atoms with Gasteiger partial charge < -0.3 is 10.2 Å². The Morgan fingerprint density at radius 2 is 1.81 bits per heavy atom. The van der Waals surface area contributed by atoms with Gasteiger partial charge in [0, 0.05) is 26.1 Å². The fourth-order valence-corrected chi connectivity index (χ4v) is 3.20. The van der Waals surface area contributed by atoms with E-state index in [1.54, 1.807) is 17.0 Å². The first kappa shape index (κ1) is 18.1. The third kappa shape index (κ3) is 4.91. The van der Waals surface area contributed by atoms with Crippen LogP contribution >= 0.6 is 0 Å². The molecule has 2 aromatic carbocycles. The molecular weight excluding hydrogens is 331 g/mol. The van der Waals surface area contributed by atoms with Crippen molar-refractivity contribution in [2.45, 2.75) is 25.8 Å². The van der Waals surface area contributed by atoms with E-state index < -0.39 is 0 Å². The lowest BCUT2D eigenvalue weighted by molar-refractivity contribution is -0.129. The lowest BCUT2D eigenvalue weighted by Gasteiger charge is -2.16. The van der Waals surface area contributed by atoms with Gasteiger partial charge in [0.1, 0.15) is 5.82 Å². The highest BCUT2D eigenvalue weighted by Gasteiger charge is 2.33. The molecule has 0 aromatic heterocycles. The number of likely N-dealkylation sites (tertiary alicyclic amines) is 1. The van der Waals surface area contributed by atoms with Crippen molar-refractivity contribution in [2.24, 2.45) is 5.92 Å². The number of aryl methyl sites for hydroxylation is 1. The predicted octanol–water partition coefficient (Wildman–Crippen LogP) is 2.92. The monoisotopic (exact) mass is 354 g/mol. The van der Waals surface area contributed by atoms with Crippen LogP contribution in [0.4, 0.5) is 4.39 Å². The Bertz CT molecular complexity index is 746. The van der Waals surface area contributed by atoms with Gasteiger partial charge >= 0.3 is 0 Å². The van der Waals surface area contributed by atoms with Crippen LogP contribution in [0.2, 0.25) is 0 Å². The Hall–Kier alpha value is -2.69. The maximum atomic E-state index is 13.0. The zero-order valence-corrected chi connectivity index (χ0v) is 14.7. The number of carbonyl (C=O) groups excluding carboxylic acids is 2. The molecule has 1 saturated heterocycles. The van der Waals surface area contributed by atoms with E-state index in [0.29, 0.717) is 19.6 Å². The standard InChI is InChI=1S/C21H23FN2O2/c22-19-10-8-17(9-11-19)14-24-15-18(13-20(24)25)21(26)23-12-4-7-16-5-2-1-3-6-16/h1-3,5-6,8-11,18H,4,7,12-15H2,(H,23,26)/t18-/m1/s1. The van der Waals surface area contributed by atoms with E-state index in [2.05, 4.69) is 17.4 Å². The first-order valence-electron chi connectivity index (χ1n) is 8.95. The fraction of sp³-hybridized carbons (Fsp3) is 0.333. The van der Waals surface area contributed by atoms with Gasteiger partial charge in [-0.05, 0) is 36.1 Å². The van der Waals surface area contributed by atoms with Crippen molar-refractivity contribution in [3.63, 3.8) is 0 Å². The van der Waals surface area contributed by atoms with Crippen molar-refractivity contribution in [1.82, 2.24) is 10.2 Å². The van der Waals surface area contributed by atoms with Crippen LogP contribution in [0.3, 0.4) is 0 Å². The highest BCUT2D eigenvalue weighted by atomic mass is 19.1. The summed E-state index contributed by atoms with van der Waals surface area (Å²) >= 11 is 0. The van der Waals surface area contributed by atoms with Gasteiger partial charge in [0.05, 0.1) is 5.92 Å². The predicted molar refractivity (Wildman–Crippen MR) is 97.7 cm³/mol. The van der Waals surface area contributed by atoms with Crippen LogP contribution in [0.1, 0.15) is 24.0 Å². The molecule has 2 amide bonds. The lowest BCUT2D eigenvalue weighted by Crippen LogP contribution is -2.33. The Morgan fingerprint density at radius 3 is 2.54 bits per heavy atom. The van der Waals surface area contributed by atoms with Crippen LogP contribution in [0, 0.1) is 11.7 Å². The Kier molecular flexibility index (Phi) is 6.00. The van der Waals surface area contributed by atoms with Crippen molar-refractivity contribution in [2.75, 3.05) is 13.1 Å². The first-order valence-corrected chi connectivity index (χ1v) is 8.95. The average Bonchev–Trinajstić information content (AvgIpc) is 3.02. The van der Waals surface area contributed by atoms with Crippen LogP contribution in [0.25, 0.3) is 0 Å². The van der Waals surface area contributed by atoms with E-state index in [1.807, 2.05) is 18.2 Å². The average molecular weight is 354 g/mol. The molecule has 5 heteroatoms. The molecule has 1 aliphatic rings. The summed E-state index contributed by atoms with van der Waals surface area (Å²) in [5.41, 5.74) is 2.12. The number of halogens is 1. The summed E-state index contributed by atoms with van der Waals surface area (Å²) in [5, 5.41) is 2.94. The molecule has 0 bridgehead atoms. The van der Waals surface area contributed by atoms with Gasteiger partial charge in [0.2, 0.25) is 11.8 Å². The minimum absolute atomic E-state index is 0.0289. The normalized spacial score (nSPS) is 16.7.